The van der Waals surface area contributed by atoms with Gasteiger partial charge in [0.05, 0.1) is 6.54 Å². The SMILES string of the molecule is FC(F)Oc1ncccc1Cn1ccc2cnc(Nc3ccc(C4CCNCC4)cc3)nc21. The van der Waals surface area contributed by atoms with Gasteiger partial charge in [-0.2, -0.15) is 13.8 Å². The number of hydrogen-bond acceptors (Lipinski definition) is 6. The minimum absolute atomic E-state index is 0.0874. The lowest BCUT2D eigenvalue weighted by Gasteiger charge is -2.23. The number of hydrogen-bond donors (Lipinski definition) is 2. The molecule has 0 atom stereocenters. The van der Waals surface area contributed by atoms with Crippen molar-refractivity contribution in [3.63, 3.8) is 0 Å². The Labute approximate surface area is 189 Å². The van der Waals surface area contributed by atoms with Crippen LogP contribution in [0.5, 0.6) is 5.88 Å². The number of pyridine rings is 1. The van der Waals surface area contributed by atoms with Crippen LogP contribution in [0, 0.1) is 0 Å². The summed E-state index contributed by atoms with van der Waals surface area (Å²) >= 11 is 0. The number of anilines is 2. The first kappa shape index (κ1) is 21.3. The molecule has 2 N–H and O–H groups in total. The maximum absolute atomic E-state index is 12.7. The molecule has 5 rings (SSSR count). The van der Waals surface area contributed by atoms with Gasteiger partial charge in [-0.15, -0.1) is 0 Å². The molecule has 4 aromatic rings. The summed E-state index contributed by atoms with van der Waals surface area (Å²) in [5.41, 5.74) is 3.48. The lowest BCUT2D eigenvalue weighted by atomic mass is 9.90. The largest absolute Gasteiger partial charge is 0.417 e. The van der Waals surface area contributed by atoms with Gasteiger partial charge in [0.15, 0.2) is 0 Å². The maximum atomic E-state index is 12.7. The fourth-order valence-corrected chi connectivity index (χ4v) is 4.20. The normalized spacial score (nSPS) is 14.6. The Morgan fingerprint density at radius 3 is 2.70 bits per heavy atom. The molecule has 1 aliphatic heterocycles. The quantitative estimate of drug-likeness (QED) is 0.426. The number of rotatable bonds is 7. The smallest absolute Gasteiger partial charge is 0.388 e. The number of nitrogens with zero attached hydrogens (tertiary/aromatic N) is 4. The fraction of sp³-hybridized carbons (Fsp3) is 0.292. The Balaban J connectivity index is 1.34. The van der Waals surface area contributed by atoms with E-state index in [1.807, 2.05) is 29.0 Å². The number of ether oxygens (including phenoxy) is 1. The van der Waals surface area contributed by atoms with Crippen molar-refractivity contribution in [3.8, 4) is 5.88 Å². The predicted molar refractivity (Wildman–Crippen MR) is 122 cm³/mol. The molecule has 1 saturated heterocycles. The summed E-state index contributed by atoms with van der Waals surface area (Å²) in [5.74, 6) is 0.977. The van der Waals surface area contributed by atoms with Crippen LogP contribution in [0.15, 0.2) is 61.1 Å². The van der Waals surface area contributed by atoms with Gasteiger partial charge in [-0.05, 0) is 61.7 Å². The van der Waals surface area contributed by atoms with Crippen LogP contribution in [-0.4, -0.2) is 39.2 Å². The molecule has 0 bridgehead atoms. The van der Waals surface area contributed by atoms with Gasteiger partial charge in [-0.1, -0.05) is 18.2 Å². The van der Waals surface area contributed by atoms with E-state index in [0.29, 0.717) is 29.6 Å². The first-order valence-electron chi connectivity index (χ1n) is 10.9. The van der Waals surface area contributed by atoms with Crippen molar-refractivity contribution in [2.75, 3.05) is 18.4 Å². The van der Waals surface area contributed by atoms with Gasteiger partial charge in [-0.25, -0.2) is 9.97 Å². The molecule has 0 amide bonds. The summed E-state index contributed by atoms with van der Waals surface area (Å²) in [5, 5.41) is 7.51. The Kier molecular flexibility index (Phi) is 6.12. The second kappa shape index (κ2) is 9.50. The summed E-state index contributed by atoms with van der Waals surface area (Å²) in [6.45, 7) is -0.514. The highest BCUT2D eigenvalue weighted by Crippen LogP contribution is 2.27. The second-order valence-corrected chi connectivity index (χ2v) is 8.03. The van der Waals surface area contributed by atoms with E-state index in [9.17, 15) is 8.78 Å². The Morgan fingerprint density at radius 1 is 1.09 bits per heavy atom. The van der Waals surface area contributed by atoms with Crippen molar-refractivity contribution < 1.29 is 13.5 Å². The van der Waals surface area contributed by atoms with Crippen LogP contribution in [0.4, 0.5) is 20.4 Å². The van der Waals surface area contributed by atoms with Crippen molar-refractivity contribution in [1.82, 2.24) is 24.8 Å². The third-order valence-corrected chi connectivity index (χ3v) is 5.87. The number of aromatic nitrogens is 4. The van der Waals surface area contributed by atoms with Gasteiger partial charge >= 0.3 is 6.61 Å². The zero-order valence-electron chi connectivity index (χ0n) is 17.9. The van der Waals surface area contributed by atoms with E-state index >= 15 is 0 Å². The van der Waals surface area contributed by atoms with Crippen molar-refractivity contribution in [1.29, 1.82) is 0 Å². The van der Waals surface area contributed by atoms with Crippen molar-refractivity contribution in [2.45, 2.75) is 31.9 Å². The van der Waals surface area contributed by atoms with Gasteiger partial charge in [0.1, 0.15) is 5.65 Å². The molecular weight excluding hydrogens is 426 g/mol. The van der Waals surface area contributed by atoms with Crippen LogP contribution in [0.25, 0.3) is 11.0 Å². The fourth-order valence-electron chi connectivity index (χ4n) is 4.20. The van der Waals surface area contributed by atoms with E-state index in [0.717, 1.165) is 37.0 Å². The molecule has 1 aliphatic rings. The zero-order valence-corrected chi connectivity index (χ0v) is 17.9. The van der Waals surface area contributed by atoms with E-state index in [2.05, 4.69) is 42.5 Å². The molecule has 9 heteroatoms. The van der Waals surface area contributed by atoms with E-state index in [4.69, 9.17) is 0 Å². The van der Waals surface area contributed by atoms with Gasteiger partial charge in [0, 0.05) is 35.2 Å². The number of alkyl halides is 2. The van der Waals surface area contributed by atoms with Gasteiger partial charge in [0.25, 0.3) is 0 Å². The first-order valence-corrected chi connectivity index (χ1v) is 10.9. The molecule has 4 heterocycles. The first-order chi connectivity index (χ1) is 16.2. The molecule has 170 valence electrons. The third kappa shape index (κ3) is 4.93. The Bertz CT molecular complexity index is 1220. The highest BCUT2D eigenvalue weighted by molar-refractivity contribution is 5.77. The monoisotopic (exact) mass is 450 g/mol. The van der Waals surface area contributed by atoms with E-state index in [-0.39, 0.29) is 5.88 Å². The minimum Gasteiger partial charge on any atom is -0.417 e. The van der Waals surface area contributed by atoms with Crippen molar-refractivity contribution in [3.05, 3.63) is 72.2 Å². The van der Waals surface area contributed by atoms with E-state index < -0.39 is 6.61 Å². The van der Waals surface area contributed by atoms with Crippen LogP contribution in [-0.2, 0) is 6.54 Å². The molecular formula is C24H24F2N6O. The van der Waals surface area contributed by atoms with E-state index in [1.165, 1.54) is 11.8 Å². The van der Waals surface area contributed by atoms with Crippen LogP contribution >= 0.6 is 0 Å². The summed E-state index contributed by atoms with van der Waals surface area (Å²) in [6.07, 6.45) is 7.32. The number of halogens is 2. The maximum Gasteiger partial charge on any atom is 0.388 e. The zero-order chi connectivity index (χ0) is 22.6. The average Bonchev–Trinajstić information content (AvgIpc) is 3.23. The second-order valence-electron chi connectivity index (χ2n) is 8.03. The van der Waals surface area contributed by atoms with Crippen LogP contribution in [0.1, 0.15) is 29.9 Å². The summed E-state index contributed by atoms with van der Waals surface area (Å²) in [4.78, 5) is 13.0. The number of fused-ring (bicyclic) bond motifs is 1. The van der Waals surface area contributed by atoms with E-state index in [1.54, 1.807) is 18.3 Å². The topological polar surface area (TPSA) is 76.9 Å². The molecule has 7 nitrogen and oxygen atoms in total. The number of piperidine rings is 1. The Morgan fingerprint density at radius 2 is 1.91 bits per heavy atom. The highest BCUT2D eigenvalue weighted by atomic mass is 19.3. The van der Waals surface area contributed by atoms with Crippen molar-refractivity contribution >= 4 is 22.7 Å². The van der Waals surface area contributed by atoms with Crippen molar-refractivity contribution in [2.24, 2.45) is 0 Å². The molecule has 1 fully saturated rings. The molecule has 0 aliphatic carbocycles. The highest BCUT2D eigenvalue weighted by Gasteiger charge is 2.15. The third-order valence-electron chi connectivity index (χ3n) is 5.87. The summed E-state index contributed by atoms with van der Waals surface area (Å²) < 4.78 is 31.9. The van der Waals surface area contributed by atoms with Gasteiger partial charge in [0.2, 0.25) is 11.8 Å². The lowest BCUT2D eigenvalue weighted by molar-refractivity contribution is -0.0535. The lowest BCUT2D eigenvalue weighted by Crippen LogP contribution is -2.26. The molecule has 0 saturated carbocycles. The van der Waals surface area contributed by atoms with Crippen LogP contribution in [0.2, 0.25) is 0 Å². The molecule has 3 aromatic heterocycles. The van der Waals surface area contributed by atoms with Gasteiger partial charge < -0.3 is 19.9 Å². The Hall–Kier alpha value is -3.59. The average molecular weight is 450 g/mol. The molecule has 0 spiro atoms. The number of nitrogens with one attached hydrogen (secondary N) is 2. The van der Waals surface area contributed by atoms with Crippen LogP contribution < -0.4 is 15.4 Å². The number of benzene rings is 1. The molecule has 0 unspecified atom stereocenters. The van der Waals surface area contributed by atoms with Gasteiger partial charge in [-0.3, -0.25) is 0 Å². The standard InChI is InChI=1S/C24H24F2N6O/c25-23(26)33-22-19(2-1-10-28-22)15-32-13-9-18-14-29-24(31-21(18)32)30-20-5-3-16(4-6-20)17-7-11-27-12-8-17/h1-6,9-10,13-14,17,23,27H,7-8,11-12,15H2,(H,29,30,31). The minimum atomic E-state index is -2.93. The van der Waals surface area contributed by atoms with Crippen LogP contribution in [0.3, 0.4) is 0 Å². The summed E-state index contributed by atoms with van der Waals surface area (Å²) in [7, 11) is 0. The molecule has 33 heavy (non-hydrogen) atoms. The predicted octanol–water partition coefficient (Wildman–Crippen LogP) is 4.69. The summed E-state index contributed by atoms with van der Waals surface area (Å²) in [6, 6.07) is 13.7. The molecule has 1 aromatic carbocycles. The molecule has 0 radical (unpaired) electrons.